The van der Waals surface area contributed by atoms with Gasteiger partial charge in [0.25, 0.3) is 0 Å². The second-order valence-electron chi connectivity index (χ2n) is 15.3. The smallest absolute Gasteiger partial charge is 0.0619 e. The molecule has 0 saturated heterocycles. The van der Waals surface area contributed by atoms with Crippen LogP contribution in [0, 0.1) is 0 Å². The van der Waals surface area contributed by atoms with E-state index in [1.807, 2.05) is 0 Å². The molecule has 0 N–H and O–H groups in total. The Morgan fingerprint density at radius 2 is 1.00 bits per heavy atom. The molecule has 0 radical (unpaired) electrons. The number of para-hydroxylation sites is 2. The molecule has 0 aromatic heterocycles. The summed E-state index contributed by atoms with van der Waals surface area (Å²) in [6.45, 7) is 4.72. The summed E-state index contributed by atoms with van der Waals surface area (Å²) < 4.78 is 0. The maximum atomic E-state index is 2.54. The van der Waals surface area contributed by atoms with E-state index in [0.29, 0.717) is 0 Å². The van der Waals surface area contributed by atoms with Crippen molar-refractivity contribution in [3.8, 4) is 33.4 Å². The van der Waals surface area contributed by atoms with Crippen molar-refractivity contribution in [2.24, 2.45) is 0 Å². The fourth-order valence-electron chi connectivity index (χ4n) is 9.46. The molecule has 1 heterocycles. The van der Waals surface area contributed by atoms with Gasteiger partial charge in [-0.3, -0.25) is 0 Å². The summed E-state index contributed by atoms with van der Waals surface area (Å²) in [4.78, 5) is 2.54. The number of nitrogens with zero attached hydrogens (tertiary/aromatic N) is 1. The standard InChI is InChI=1S/C52H37N/c1-52(2)46-20-10-9-17-40(46)44-32-39(26-28-47(44)52)50-41-18-7-8-19-42(41)51(53-48-21-11-5-15-37(48)30-38-16-6-12-22-49(38)53)43-27-25-36(31-45(43)50)35-24-23-33-13-3-4-14-34(33)29-35/h3-29,31-32H,30H2,1-2H3. The number of benzene rings is 9. The van der Waals surface area contributed by atoms with E-state index in [2.05, 4.69) is 195 Å². The fourth-order valence-corrected chi connectivity index (χ4v) is 9.46. The third-order valence-electron chi connectivity index (χ3n) is 12.0. The van der Waals surface area contributed by atoms with Crippen LogP contribution in [-0.2, 0) is 11.8 Å². The molecular weight excluding hydrogens is 639 g/mol. The van der Waals surface area contributed by atoms with E-state index in [1.165, 1.54) is 105 Å². The van der Waals surface area contributed by atoms with E-state index < -0.39 is 0 Å². The first-order valence-electron chi connectivity index (χ1n) is 18.7. The van der Waals surface area contributed by atoms with Crippen molar-refractivity contribution < 1.29 is 0 Å². The Labute approximate surface area is 310 Å². The highest BCUT2D eigenvalue weighted by atomic mass is 15.2. The number of fused-ring (bicyclic) bond motifs is 8. The van der Waals surface area contributed by atoms with Crippen LogP contribution in [0.2, 0.25) is 0 Å². The van der Waals surface area contributed by atoms with E-state index in [9.17, 15) is 0 Å². The first kappa shape index (κ1) is 30.2. The van der Waals surface area contributed by atoms with E-state index >= 15 is 0 Å². The van der Waals surface area contributed by atoms with E-state index in [-0.39, 0.29) is 5.41 Å². The highest BCUT2D eigenvalue weighted by Gasteiger charge is 2.35. The maximum Gasteiger partial charge on any atom is 0.0619 e. The molecule has 9 aromatic rings. The van der Waals surface area contributed by atoms with Gasteiger partial charge in [0, 0.05) is 34.0 Å². The molecule has 9 aromatic carbocycles. The molecule has 0 atom stereocenters. The van der Waals surface area contributed by atoms with E-state index in [1.54, 1.807) is 0 Å². The lowest BCUT2D eigenvalue weighted by atomic mass is 9.81. The molecule has 53 heavy (non-hydrogen) atoms. The van der Waals surface area contributed by atoms with Crippen LogP contribution in [0.3, 0.4) is 0 Å². The van der Waals surface area contributed by atoms with Crippen LogP contribution in [0.25, 0.3) is 65.7 Å². The van der Waals surface area contributed by atoms with Crippen molar-refractivity contribution in [3.63, 3.8) is 0 Å². The van der Waals surface area contributed by atoms with Gasteiger partial charge < -0.3 is 4.90 Å². The Kier molecular flexibility index (Phi) is 6.43. The average molecular weight is 676 g/mol. The van der Waals surface area contributed by atoms with Gasteiger partial charge in [0.1, 0.15) is 0 Å². The van der Waals surface area contributed by atoms with Crippen LogP contribution in [0.4, 0.5) is 17.1 Å². The van der Waals surface area contributed by atoms with Gasteiger partial charge in [-0.15, -0.1) is 0 Å². The predicted octanol–water partition coefficient (Wildman–Crippen LogP) is 14.2. The molecule has 250 valence electrons. The molecule has 2 aliphatic rings. The third-order valence-corrected chi connectivity index (χ3v) is 12.0. The Morgan fingerprint density at radius 1 is 0.415 bits per heavy atom. The normalized spacial score (nSPS) is 13.9. The zero-order valence-corrected chi connectivity index (χ0v) is 29.9. The number of anilines is 3. The largest absolute Gasteiger partial charge is 0.309 e. The number of rotatable bonds is 3. The lowest BCUT2D eigenvalue weighted by Crippen LogP contribution is -2.19. The van der Waals surface area contributed by atoms with Gasteiger partial charge in [0.2, 0.25) is 0 Å². The zero-order valence-electron chi connectivity index (χ0n) is 29.9. The first-order valence-corrected chi connectivity index (χ1v) is 18.7. The van der Waals surface area contributed by atoms with Crippen molar-refractivity contribution in [2.75, 3.05) is 4.90 Å². The molecule has 0 amide bonds. The minimum Gasteiger partial charge on any atom is -0.309 e. The molecule has 0 fully saturated rings. The summed E-state index contributed by atoms with van der Waals surface area (Å²) in [5, 5.41) is 7.53. The Hall–Kier alpha value is -6.44. The minimum atomic E-state index is -0.0449. The first-order chi connectivity index (χ1) is 26.0. The van der Waals surface area contributed by atoms with Crippen molar-refractivity contribution in [1.82, 2.24) is 0 Å². The predicted molar refractivity (Wildman–Crippen MR) is 225 cm³/mol. The minimum absolute atomic E-state index is 0.0449. The summed E-state index contributed by atoms with van der Waals surface area (Å²) in [7, 11) is 0. The highest BCUT2D eigenvalue weighted by Crippen LogP contribution is 2.54. The fraction of sp³-hybridized carbons (Fsp3) is 0.0769. The van der Waals surface area contributed by atoms with E-state index in [0.717, 1.165) is 6.42 Å². The maximum absolute atomic E-state index is 2.54. The van der Waals surface area contributed by atoms with Crippen molar-refractivity contribution in [2.45, 2.75) is 25.7 Å². The Balaban J connectivity index is 1.25. The average Bonchev–Trinajstić information content (AvgIpc) is 3.44. The quantitative estimate of drug-likeness (QED) is 0.169. The van der Waals surface area contributed by atoms with Crippen LogP contribution < -0.4 is 4.90 Å². The van der Waals surface area contributed by atoms with Gasteiger partial charge >= 0.3 is 0 Å². The molecule has 0 spiro atoms. The van der Waals surface area contributed by atoms with Crippen LogP contribution in [-0.4, -0.2) is 0 Å². The van der Waals surface area contributed by atoms with Gasteiger partial charge in [-0.2, -0.15) is 0 Å². The monoisotopic (exact) mass is 675 g/mol. The summed E-state index contributed by atoms with van der Waals surface area (Å²) in [5.74, 6) is 0. The lowest BCUT2D eigenvalue weighted by Gasteiger charge is -2.35. The van der Waals surface area contributed by atoms with Gasteiger partial charge in [-0.25, -0.2) is 0 Å². The Morgan fingerprint density at radius 3 is 1.81 bits per heavy atom. The summed E-state index contributed by atoms with van der Waals surface area (Å²) >= 11 is 0. The Bertz CT molecular complexity index is 2920. The van der Waals surface area contributed by atoms with Gasteiger partial charge in [0.15, 0.2) is 0 Å². The van der Waals surface area contributed by atoms with Crippen LogP contribution in [0.15, 0.2) is 176 Å². The third kappa shape index (κ3) is 4.44. The molecule has 1 nitrogen and oxygen atoms in total. The van der Waals surface area contributed by atoms with E-state index in [4.69, 9.17) is 0 Å². The summed E-state index contributed by atoms with van der Waals surface area (Å²) in [6, 6.07) is 65.8. The highest BCUT2D eigenvalue weighted by molar-refractivity contribution is 6.23. The second kappa shape index (κ2) is 11.3. The van der Waals surface area contributed by atoms with Crippen molar-refractivity contribution in [3.05, 3.63) is 198 Å². The van der Waals surface area contributed by atoms with Crippen LogP contribution >= 0.6 is 0 Å². The topological polar surface area (TPSA) is 3.24 Å². The molecular formula is C52H37N. The lowest BCUT2D eigenvalue weighted by molar-refractivity contribution is 0.660. The van der Waals surface area contributed by atoms with Crippen molar-refractivity contribution >= 4 is 49.4 Å². The SMILES string of the molecule is CC1(C)c2ccccc2-c2cc(-c3c4ccccc4c(N4c5ccccc5Cc5ccccc54)c4ccc(-c5ccc6ccccc6c5)cc34)ccc21. The molecule has 0 saturated carbocycles. The zero-order chi connectivity index (χ0) is 35.3. The molecule has 11 rings (SSSR count). The van der Waals surface area contributed by atoms with Gasteiger partial charge in [-0.05, 0) is 108 Å². The second-order valence-corrected chi connectivity index (χ2v) is 15.3. The molecule has 1 aliphatic carbocycles. The van der Waals surface area contributed by atoms with Crippen LogP contribution in [0.1, 0.15) is 36.1 Å². The van der Waals surface area contributed by atoms with Gasteiger partial charge in [-0.1, -0.05) is 159 Å². The molecule has 0 bridgehead atoms. The van der Waals surface area contributed by atoms with Gasteiger partial charge in [0.05, 0.1) is 5.69 Å². The van der Waals surface area contributed by atoms with Crippen LogP contribution in [0.5, 0.6) is 0 Å². The number of hydrogen-bond donors (Lipinski definition) is 0. The molecule has 1 aliphatic heterocycles. The summed E-state index contributed by atoms with van der Waals surface area (Å²) in [6.07, 6.45) is 0.926. The molecule has 0 unspecified atom stereocenters. The van der Waals surface area contributed by atoms with Crippen molar-refractivity contribution in [1.29, 1.82) is 0 Å². The molecule has 1 heteroatoms. The number of hydrogen-bond acceptors (Lipinski definition) is 1. The summed E-state index contributed by atoms with van der Waals surface area (Å²) in [5.41, 5.74) is 16.8.